The maximum atomic E-state index is 5.80. The van der Waals surface area contributed by atoms with E-state index in [-0.39, 0.29) is 30.0 Å². The molecule has 1 atom stereocenters. The van der Waals surface area contributed by atoms with E-state index in [1.165, 1.54) is 5.56 Å². The molecular formula is C21H31IN4O. The molecule has 27 heavy (non-hydrogen) atoms. The molecule has 0 heterocycles. The molecule has 0 saturated heterocycles. The Kier molecular flexibility index (Phi) is 10.8. The van der Waals surface area contributed by atoms with Gasteiger partial charge in [-0.2, -0.15) is 0 Å². The number of likely N-dealkylation sites (N-methyl/N-ethyl adjacent to an activating group) is 1. The first-order valence-corrected chi connectivity index (χ1v) is 8.97. The summed E-state index contributed by atoms with van der Waals surface area (Å²) < 4.78 is 5.80. The first-order valence-electron chi connectivity index (χ1n) is 8.97. The summed E-state index contributed by atoms with van der Waals surface area (Å²) >= 11 is 0. The zero-order valence-corrected chi connectivity index (χ0v) is 18.9. The highest BCUT2D eigenvalue weighted by Crippen LogP contribution is 2.14. The fourth-order valence-corrected chi connectivity index (χ4v) is 2.50. The molecule has 0 fully saturated rings. The second-order valence-corrected chi connectivity index (χ2v) is 6.50. The molecule has 0 aromatic heterocycles. The molecule has 6 heteroatoms. The number of hydrogen-bond acceptors (Lipinski definition) is 3. The van der Waals surface area contributed by atoms with Gasteiger partial charge in [0, 0.05) is 20.1 Å². The molecule has 0 aliphatic heterocycles. The lowest BCUT2D eigenvalue weighted by Gasteiger charge is -2.18. The van der Waals surface area contributed by atoms with E-state index in [0.717, 1.165) is 23.8 Å². The number of benzene rings is 2. The van der Waals surface area contributed by atoms with E-state index in [0.29, 0.717) is 13.2 Å². The molecule has 2 aromatic carbocycles. The summed E-state index contributed by atoms with van der Waals surface area (Å²) in [4.78, 5) is 6.42. The highest BCUT2D eigenvalue weighted by atomic mass is 127. The Hall–Kier alpha value is -1.80. The first-order chi connectivity index (χ1) is 12.6. The van der Waals surface area contributed by atoms with Crippen molar-refractivity contribution in [2.24, 2.45) is 4.99 Å². The Morgan fingerprint density at radius 3 is 2.52 bits per heavy atom. The number of ether oxygens (including phenoxy) is 1. The van der Waals surface area contributed by atoms with Crippen molar-refractivity contribution in [1.29, 1.82) is 0 Å². The maximum absolute atomic E-state index is 5.80. The van der Waals surface area contributed by atoms with Gasteiger partial charge >= 0.3 is 0 Å². The van der Waals surface area contributed by atoms with Crippen LogP contribution in [-0.2, 0) is 6.54 Å². The monoisotopic (exact) mass is 482 g/mol. The maximum Gasteiger partial charge on any atom is 0.191 e. The van der Waals surface area contributed by atoms with Crippen molar-refractivity contribution in [1.82, 2.24) is 15.5 Å². The Labute approximate surface area is 180 Å². The van der Waals surface area contributed by atoms with Crippen LogP contribution in [0.2, 0.25) is 0 Å². The van der Waals surface area contributed by atoms with Gasteiger partial charge in [0.05, 0.1) is 6.04 Å². The van der Waals surface area contributed by atoms with E-state index in [9.17, 15) is 0 Å². The number of hydrogen-bond donors (Lipinski definition) is 2. The topological polar surface area (TPSA) is 48.9 Å². The van der Waals surface area contributed by atoms with Gasteiger partial charge in [0.15, 0.2) is 5.96 Å². The third-order valence-corrected chi connectivity index (χ3v) is 4.04. The first kappa shape index (κ1) is 23.2. The molecule has 1 unspecified atom stereocenters. The number of nitrogens with one attached hydrogen (secondary N) is 2. The Bertz CT molecular complexity index is 692. The van der Waals surface area contributed by atoms with Gasteiger partial charge in [-0.1, -0.05) is 42.5 Å². The molecule has 0 aliphatic rings. The van der Waals surface area contributed by atoms with Crippen molar-refractivity contribution in [2.45, 2.75) is 19.5 Å². The van der Waals surface area contributed by atoms with Gasteiger partial charge in [-0.25, -0.2) is 0 Å². The quantitative estimate of drug-likeness (QED) is 0.343. The lowest BCUT2D eigenvalue weighted by atomic mass is 10.1. The summed E-state index contributed by atoms with van der Waals surface area (Å²) in [5.41, 5.74) is 2.38. The molecule has 2 N–H and O–H groups in total. The highest BCUT2D eigenvalue weighted by Gasteiger charge is 2.07. The summed E-state index contributed by atoms with van der Waals surface area (Å²) in [6, 6.07) is 18.7. The second kappa shape index (κ2) is 12.6. The van der Waals surface area contributed by atoms with Crippen LogP contribution in [0.15, 0.2) is 59.6 Å². The summed E-state index contributed by atoms with van der Waals surface area (Å²) in [7, 11) is 5.87. The standard InChI is InChI=1S/C21H30N4O.HI/c1-17(19-10-6-5-7-11-19)24-21(22-2)23-16-18-9-8-12-20(15-18)26-14-13-25(3)4;/h5-12,15,17H,13-14,16H2,1-4H3,(H2,22,23,24);1H. The van der Waals surface area contributed by atoms with Gasteiger partial charge in [-0.15, -0.1) is 24.0 Å². The molecule has 2 aromatic rings. The number of aliphatic imine (C=N–C) groups is 1. The summed E-state index contributed by atoms with van der Waals surface area (Å²) in [5.74, 6) is 1.67. The van der Waals surface area contributed by atoms with Gasteiger partial charge in [-0.3, -0.25) is 4.99 Å². The molecule has 148 valence electrons. The van der Waals surface area contributed by atoms with Crippen LogP contribution >= 0.6 is 24.0 Å². The number of guanidine groups is 1. The summed E-state index contributed by atoms with van der Waals surface area (Å²) in [6.45, 7) is 4.39. The van der Waals surface area contributed by atoms with Crippen LogP contribution in [0, 0.1) is 0 Å². The molecule has 2 rings (SSSR count). The van der Waals surface area contributed by atoms with E-state index in [1.54, 1.807) is 7.05 Å². The minimum absolute atomic E-state index is 0. The van der Waals surface area contributed by atoms with Crippen LogP contribution in [0.4, 0.5) is 0 Å². The predicted octanol–water partition coefficient (Wildman–Crippen LogP) is 3.67. The van der Waals surface area contributed by atoms with Gasteiger partial charge < -0.3 is 20.3 Å². The average molecular weight is 482 g/mol. The normalized spacial score (nSPS) is 12.3. The van der Waals surface area contributed by atoms with Crippen LogP contribution in [0.1, 0.15) is 24.1 Å². The molecule has 0 radical (unpaired) electrons. The predicted molar refractivity (Wildman–Crippen MR) is 124 cm³/mol. The zero-order chi connectivity index (χ0) is 18.8. The SMILES string of the molecule is CN=C(NCc1cccc(OCCN(C)C)c1)NC(C)c1ccccc1.I. The highest BCUT2D eigenvalue weighted by molar-refractivity contribution is 14.0. The average Bonchev–Trinajstić information content (AvgIpc) is 2.65. The number of nitrogens with zero attached hydrogens (tertiary/aromatic N) is 2. The van der Waals surface area contributed by atoms with Crippen molar-refractivity contribution >= 4 is 29.9 Å². The largest absolute Gasteiger partial charge is 0.492 e. The van der Waals surface area contributed by atoms with E-state index in [4.69, 9.17) is 4.74 Å². The van der Waals surface area contributed by atoms with Crippen molar-refractivity contribution in [3.8, 4) is 5.75 Å². The molecule has 0 spiro atoms. The lowest BCUT2D eigenvalue weighted by molar-refractivity contribution is 0.261. The Morgan fingerprint density at radius 1 is 1.11 bits per heavy atom. The summed E-state index contributed by atoms with van der Waals surface area (Å²) in [6.07, 6.45) is 0. The Balaban J connectivity index is 0.00000364. The van der Waals surface area contributed by atoms with E-state index >= 15 is 0 Å². The second-order valence-electron chi connectivity index (χ2n) is 6.50. The van der Waals surface area contributed by atoms with Gasteiger partial charge in [0.25, 0.3) is 0 Å². The van der Waals surface area contributed by atoms with E-state index < -0.39 is 0 Å². The van der Waals surface area contributed by atoms with Crippen molar-refractivity contribution in [3.63, 3.8) is 0 Å². The molecule has 0 amide bonds. The van der Waals surface area contributed by atoms with Crippen LogP contribution in [0.3, 0.4) is 0 Å². The van der Waals surface area contributed by atoms with Gasteiger partial charge in [-0.05, 0) is 44.3 Å². The third-order valence-electron chi connectivity index (χ3n) is 4.04. The van der Waals surface area contributed by atoms with Crippen molar-refractivity contribution in [3.05, 3.63) is 65.7 Å². The molecule has 0 aliphatic carbocycles. The van der Waals surface area contributed by atoms with Crippen LogP contribution in [0.25, 0.3) is 0 Å². The van der Waals surface area contributed by atoms with Crippen LogP contribution < -0.4 is 15.4 Å². The minimum Gasteiger partial charge on any atom is -0.492 e. The number of rotatable bonds is 8. The number of halogens is 1. The minimum atomic E-state index is 0. The van der Waals surface area contributed by atoms with E-state index in [1.807, 2.05) is 44.4 Å². The molecule has 5 nitrogen and oxygen atoms in total. The zero-order valence-electron chi connectivity index (χ0n) is 16.6. The van der Waals surface area contributed by atoms with Gasteiger partial charge in [0.1, 0.15) is 12.4 Å². The third kappa shape index (κ3) is 8.62. The summed E-state index contributed by atoms with van der Waals surface area (Å²) in [5, 5.41) is 6.78. The molecular weight excluding hydrogens is 451 g/mol. The van der Waals surface area contributed by atoms with Crippen LogP contribution in [-0.4, -0.2) is 45.2 Å². The van der Waals surface area contributed by atoms with Gasteiger partial charge in [0.2, 0.25) is 0 Å². The fourth-order valence-electron chi connectivity index (χ4n) is 2.50. The van der Waals surface area contributed by atoms with E-state index in [2.05, 4.69) is 51.7 Å². The molecule has 0 saturated carbocycles. The van der Waals surface area contributed by atoms with Crippen molar-refractivity contribution < 1.29 is 4.74 Å². The Morgan fingerprint density at radius 2 is 1.85 bits per heavy atom. The lowest BCUT2D eigenvalue weighted by Crippen LogP contribution is -2.38. The smallest absolute Gasteiger partial charge is 0.191 e. The molecule has 0 bridgehead atoms. The van der Waals surface area contributed by atoms with Crippen LogP contribution in [0.5, 0.6) is 5.75 Å². The fraction of sp³-hybridized carbons (Fsp3) is 0.381. The van der Waals surface area contributed by atoms with Crippen molar-refractivity contribution in [2.75, 3.05) is 34.3 Å².